The topological polar surface area (TPSA) is 59.9 Å². The largest absolute Gasteiger partial charge is 0.223 e. The summed E-state index contributed by atoms with van der Waals surface area (Å²) in [7, 11) is -3.34. The van der Waals surface area contributed by atoms with Crippen LogP contribution >= 0.6 is 11.5 Å². The molecular formula is C10H9FN2O2S2. The Labute approximate surface area is 102 Å². The van der Waals surface area contributed by atoms with Crippen molar-refractivity contribution in [3.05, 3.63) is 30.1 Å². The minimum atomic E-state index is -3.34. The van der Waals surface area contributed by atoms with E-state index < -0.39 is 9.84 Å². The van der Waals surface area contributed by atoms with E-state index in [9.17, 15) is 12.8 Å². The molecule has 0 radical (unpaired) electrons. The Balaban J connectivity index is 2.55. The van der Waals surface area contributed by atoms with Crippen LogP contribution in [0.15, 0.2) is 28.5 Å². The molecule has 17 heavy (non-hydrogen) atoms. The third kappa shape index (κ3) is 2.34. The molecule has 0 saturated carbocycles. The fourth-order valence-corrected chi connectivity index (χ4v) is 3.37. The van der Waals surface area contributed by atoms with Gasteiger partial charge in [0, 0.05) is 17.1 Å². The molecule has 0 amide bonds. The smallest absolute Gasteiger partial charge is 0.191 e. The fraction of sp³-hybridized carbons (Fsp3) is 0.200. The van der Waals surface area contributed by atoms with Gasteiger partial charge in [-0.05, 0) is 24.3 Å². The lowest BCUT2D eigenvalue weighted by Crippen LogP contribution is -2.03. The SMILES string of the molecule is CCS(=O)(=O)c1snnc1-c1ccc(F)cc1. The quantitative estimate of drug-likeness (QED) is 0.859. The van der Waals surface area contributed by atoms with E-state index in [4.69, 9.17) is 0 Å². The normalized spacial score (nSPS) is 11.6. The van der Waals surface area contributed by atoms with E-state index in [1.807, 2.05) is 0 Å². The van der Waals surface area contributed by atoms with Gasteiger partial charge in [0.15, 0.2) is 14.0 Å². The van der Waals surface area contributed by atoms with Crippen molar-refractivity contribution in [2.24, 2.45) is 0 Å². The molecule has 0 saturated heterocycles. The molecule has 0 N–H and O–H groups in total. The molecule has 0 bridgehead atoms. The molecule has 0 aliphatic heterocycles. The highest BCUT2D eigenvalue weighted by Crippen LogP contribution is 2.28. The zero-order chi connectivity index (χ0) is 12.5. The van der Waals surface area contributed by atoms with Crippen molar-refractivity contribution in [2.45, 2.75) is 11.1 Å². The molecule has 7 heteroatoms. The van der Waals surface area contributed by atoms with E-state index >= 15 is 0 Å². The minimum Gasteiger partial charge on any atom is -0.223 e. The standard InChI is InChI=1S/C10H9FN2O2S2/c1-2-17(14,15)10-9(12-13-16-10)7-3-5-8(11)6-4-7/h3-6H,2H2,1H3. The van der Waals surface area contributed by atoms with Crippen LogP contribution in [0.2, 0.25) is 0 Å². The van der Waals surface area contributed by atoms with Crippen LogP contribution in [0.1, 0.15) is 6.92 Å². The maximum absolute atomic E-state index is 12.8. The number of hydrogen-bond acceptors (Lipinski definition) is 5. The van der Waals surface area contributed by atoms with Gasteiger partial charge in [-0.2, -0.15) is 0 Å². The van der Waals surface area contributed by atoms with E-state index in [0.717, 1.165) is 11.5 Å². The summed E-state index contributed by atoms with van der Waals surface area (Å²) in [5.74, 6) is -0.387. The molecule has 0 spiro atoms. The van der Waals surface area contributed by atoms with Crippen molar-refractivity contribution in [2.75, 3.05) is 5.75 Å². The van der Waals surface area contributed by atoms with Gasteiger partial charge in [-0.1, -0.05) is 11.4 Å². The molecule has 0 aliphatic carbocycles. The molecule has 0 unspecified atom stereocenters. The monoisotopic (exact) mass is 272 g/mol. The molecule has 1 aromatic carbocycles. The summed E-state index contributed by atoms with van der Waals surface area (Å²) in [6, 6.07) is 5.50. The van der Waals surface area contributed by atoms with Crippen LogP contribution in [0.25, 0.3) is 11.3 Å². The second kappa shape index (κ2) is 4.50. The highest BCUT2D eigenvalue weighted by atomic mass is 32.2. The van der Waals surface area contributed by atoms with Gasteiger partial charge in [0.2, 0.25) is 0 Å². The predicted molar refractivity (Wildman–Crippen MR) is 63.0 cm³/mol. The maximum atomic E-state index is 12.8. The summed E-state index contributed by atoms with van der Waals surface area (Å²) in [6.07, 6.45) is 0. The predicted octanol–water partition coefficient (Wildman–Crippen LogP) is 2.14. The highest BCUT2D eigenvalue weighted by Gasteiger charge is 2.22. The van der Waals surface area contributed by atoms with Gasteiger partial charge in [-0.15, -0.1) is 5.10 Å². The molecule has 4 nitrogen and oxygen atoms in total. The Hall–Kier alpha value is -1.34. The fourth-order valence-electron chi connectivity index (χ4n) is 1.30. The van der Waals surface area contributed by atoms with Crippen LogP contribution in [0.5, 0.6) is 0 Å². The average molecular weight is 272 g/mol. The second-order valence-corrected chi connectivity index (χ2v) is 6.55. The van der Waals surface area contributed by atoms with Crippen molar-refractivity contribution in [1.29, 1.82) is 0 Å². The molecule has 1 heterocycles. The van der Waals surface area contributed by atoms with E-state index in [-0.39, 0.29) is 21.5 Å². The maximum Gasteiger partial charge on any atom is 0.191 e. The van der Waals surface area contributed by atoms with Gasteiger partial charge in [0.05, 0.1) is 5.75 Å². The first-order valence-electron chi connectivity index (χ1n) is 4.85. The molecule has 0 atom stereocenters. The summed E-state index contributed by atoms with van der Waals surface area (Å²) in [5, 5.41) is 3.80. The number of rotatable bonds is 3. The number of halogens is 1. The molecule has 0 fully saturated rings. The van der Waals surface area contributed by atoms with Gasteiger partial charge in [-0.3, -0.25) is 0 Å². The lowest BCUT2D eigenvalue weighted by Gasteiger charge is -2.00. The first kappa shape index (κ1) is 12.1. The van der Waals surface area contributed by atoms with E-state index in [1.54, 1.807) is 6.92 Å². The van der Waals surface area contributed by atoms with Crippen LogP contribution in [0, 0.1) is 5.82 Å². The highest BCUT2D eigenvalue weighted by molar-refractivity contribution is 7.93. The Kier molecular flexibility index (Phi) is 3.21. The first-order chi connectivity index (χ1) is 8.04. The first-order valence-corrected chi connectivity index (χ1v) is 7.28. The molecule has 1 aromatic heterocycles. The molecular weight excluding hydrogens is 263 g/mol. The van der Waals surface area contributed by atoms with Crippen LogP contribution in [0.3, 0.4) is 0 Å². The van der Waals surface area contributed by atoms with Crippen molar-refractivity contribution < 1.29 is 12.8 Å². The van der Waals surface area contributed by atoms with Crippen LogP contribution in [-0.4, -0.2) is 23.8 Å². The number of sulfone groups is 1. The number of hydrogen-bond donors (Lipinski definition) is 0. The van der Waals surface area contributed by atoms with Crippen molar-refractivity contribution in [1.82, 2.24) is 9.59 Å². The lowest BCUT2D eigenvalue weighted by atomic mass is 10.2. The van der Waals surface area contributed by atoms with Gasteiger partial charge in [0.25, 0.3) is 0 Å². The summed E-state index contributed by atoms with van der Waals surface area (Å²) in [4.78, 5) is 0. The van der Waals surface area contributed by atoms with E-state index in [0.29, 0.717) is 5.56 Å². The molecule has 0 aliphatic rings. The third-order valence-electron chi connectivity index (χ3n) is 2.24. The van der Waals surface area contributed by atoms with Crippen LogP contribution in [0.4, 0.5) is 4.39 Å². The second-order valence-electron chi connectivity index (χ2n) is 3.32. The van der Waals surface area contributed by atoms with Crippen molar-refractivity contribution >= 4 is 21.4 Å². The van der Waals surface area contributed by atoms with Gasteiger partial charge in [0.1, 0.15) is 11.5 Å². The lowest BCUT2D eigenvalue weighted by molar-refractivity contribution is 0.599. The molecule has 2 rings (SSSR count). The van der Waals surface area contributed by atoms with Gasteiger partial charge >= 0.3 is 0 Å². The van der Waals surface area contributed by atoms with Crippen LogP contribution in [-0.2, 0) is 9.84 Å². The molecule has 2 aromatic rings. The van der Waals surface area contributed by atoms with Crippen molar-refractivity contribution in [3.63, 3.8) is 0 Å². The number of aromatic nitrogens is 2. The zero-order valence-corrected chi connectivity index (χ0v) is 10.6. The number of nitrogens with zero attached hydrogens (tertiary/aromatic N) is 2. The summed E-state index contributed by atoms with van der Waals surface area (Å²) >= 11 is 0.837. The third-order valence-corrected chi connectivity index (χ3v) is 5.26. The molecule has 90 valence electrons. The average Bonchev–Trinajstić information content (AvgIpc) is 2.80. The van der Waals surface area contributed by atoms with E-state index in [2.05, 4.69) is 9.59 Å². The van der Waals surface area contributed by atoms with Crippen molar-refractivity contribution in [3.8, 4) is 11.3 Å². The van der Waals surface area contributed by atoms with E-state index in [1.165, 1.54) is 24.3 Å². The summed E-state index contributed by atoms with van der Waals surface area (Å²) in [5.41, 5.74) is 0.837. The Morgan fingerprint density at radius 2 is 1.94 bits per heavy atom. The number of benzene rings is 1. The zero-order valence-electron chi connectivity index (χ0n) is 8.92. The Morgan fingerprint density at radius 1 is 1.29 bits per heavy atom. The summed E-state index contributed by atoms with van der Waals surface area (Å²) in [6.45, 7) is 1.56. The Bertz CT molecular complexity index is 620. The minimum absolute atomic E-state index is 0.00886. The van der Waals surface area contributed by atoms with Gasteiger partial charge < -0.3 is 0 Å². The Morgan fingerprint density at radius 3 is 2.53 bits per heavy atom. The van der Waals surface area contributed by atoms with Crippen LogP contribution < -0.4 is 0 Å². The van der Waals surface area contributed by atoms with Gasteiger partial charge in [-0.25, -0.2) is 12.8 Å². The summed E-state index contributed by atoms with van der Waals surface area (Å²) < 4.78 is 40.1.